The number of carbonyl (C=O) groups is 2. The van der Waals surface area contributed by atoms with Gasteiger partial charge in [0.2, 0.25) is 0 Å². The zero-order valence-corrected chi connectivity index (χ0v) is 10.3. The van der Waals surface area contributed by atoms with E-state index >= 15 is 0 Å². The average molecular weight is 250 g/mol. The van der Waals surface area contributed by atoms with Crippen LogP contribution in [-0.2, 0) is 11.2 Å². The van der Waals surface area contributed by atoms with Gasteiger partial charge in [-0.15, -0.1) is 0 Å². The van der Waals surface area contributed by atoms with Crippen molar-refractivity contribution in [3.63, 3.8) is 0 Å². The third-order valence-corrected chi connectivity index (χ3v) is 2.68. The Morgan fingerprint density at radius 3 is 2.61 bits per heavy atom. The molecule has 0 amide bonds. The van der Waals surface area contributed by atoms with E-state index in [4.69, 9.17) is 16.6 Å². The molecule has 0 radical (unpaired) electrons. The number of nitrogens with two attached hydrogens (primary N) is 2. The molecular weight excluding hydrogens is 232 g/mol. The summed E-state index contributed by atoms with van der Waals surface area (Å²) in [6.07, 6.45) is 1.58. The molecule has 5 N–H and O–H groups in total. The quantitative estimate of drug-likeness (QED) is 0.519. The summed E-state index contributed by atoms with van der Waals surface area (Å²) in [5, 5.41) is 8.68. The van der Waals surface area contributed by atoms with Crippen molar-refractivity contribution in [2.75, 3.05) is 5.73 Å². The van der Waals surface area contributed by atoms with Crippen molar-refractivity contribution in [1.82, 2.24) is 0 Å². The number of nitrogen functional groups attached to an aromatic ring is 1. The van der Waals surface area contributed by atoms with Gasteiger partial charge in [-0.1, -0.05) is 19.4 Å². The molecule has 0 aliphatic rings. The van der Waals surface area contributed by atoms with Crippen LogP contribution in [0, 0.1) is 0 Å². The predicted octanol–water partition coefficient (Wildman–Crippen LogP) is 1.21. The van der Waals surface area contributed by atoms with Crippen LogP contribution in [-0.4, -0.2) is 22.9 Å². The van der Waals surface area contributed by atoms with Gasteiger partial charge >= 0.3 is 5.97 Å². The molecule has 0 saturated carbocycles. The normalized spacial score (nSPS) is 12.1. The molecular formula is C13H18N2O3. The summed E-state index contributed by atoms with van der Waals surface area (Å²) in [7, 11) is 0. The van der Waals surface area contributed by atoms with Crippen molar-refractivity contribution in [3.05, 3.63) is 29.3 Å². The lowest BCUT2D eigenvalue weighted by molar-refractivity contribution is -0.138. The standard InChI is InChI=1S/C13H18N2O3/c1-2-3-8-4-5-10(14)9(6-8)12(16)7-11(15)13(17)18/h4-6,11H,2-3,7,14-15H2,1H3,(H,17,18)/t11-/m0/s1. The minimum Gasteiger partial charge on any atom is -0.480 e. The highest BCUT2D eigenvalue weighted by molar-refractivity contribution is 6.02. The second-order valence-corrected chi connectivity index (χ2v) is 4.24. The van der Waals surface area contributed by atoms with Crippen molar-refractivity contribution in [1.29, 1.82) is 0 Å². The van der Waals surface area contributed by atoms with Gasteiger partial charge < -0.3 is 16.6 Å². The largest absolute Gasteiger partial charge is 0.480 e. The van der Waals surface area contributed by atoms with E-state index in [-0.39, 0.29) is 12.2 Å². The van der Waals surface area contributed by atoms with Crippen LogP contribution in [0.3, 0.4) is 0 Å². The molecule has 1 aromatic carbocycles. The van der Waals surface area contributed by atoms with E-state index in [1.54, 1.807) is 12.1 Å². The Morgan fingerprint density at radius 1 is 1.39 bits per heavy atom. The molecule has 0 aliphatic carbocycles. The molecule has 1 aromatic rings. The molecule has 0 bridgehead atoms. The molecule has 0 heterocycles. The molecule has 0 aromatic heterocycles. The van der Waals surface area contributed by atoms with E-state index in [1.165, 1.54) is 0 Å². The van der Waals surface area contributed by atoms with Crippen LogP contribution in [0.25, 0.3) is 0 Å². The fourth-order valence-electron chi connectivity index (χ4n) is 1.69. The van der Waals surface area contributed by atoms with Crippen LogP contribution >= 0.6 is 0 Å². The minimum absolute atomic E-state index is 0.241. The van der Waals surface area contributed by atoms with Crippen molar-refractivity contribution < 1.29 is 14.7 Å². The number of carboxylic acids is 1. The van der Waals surface area contributed by atoms with Crippen molar-refractivity contribution >= 4 is 17.4 Å². The van der Waals surface area contributed by atoms with Crippen LogP contribution < -0.4 is 11.5 Å². The summed E-state index contributed by atoms with van der Waals surface area (Å²) >= 11 is 0. The third-order valence-electron chi connectivity index (χ3n) is 2.68. The molecule has 18 heavy (non-hydrogen) atoms. The van der Waals surface area contributed by atoms with Gasteiger partial charge in [-0.05, 0) is 24.1 Å². The van der Waals surface area contributed by atoms with Gasteiger partial charge in [-0.2, -0.15) is 0 Å². The van der Waals surface area contributed by atoms with Gasteiger partial charge in [-0.3, -0.25) is 9.59 Å². The molecule has 0 aliphatic heterocycles. The Bertz CT molecular complexity index is 458. The van der Waals surface area contributed by atoms with Crippen molar-refractivity contribution in [2.45, 2.75) is 32.2 Å². The number of aliphatic carboxylic acids is 1. The Morgan fingerprint density at radius 2 is 2.06 bits per heavy atom. The van der Waals surface area contributed by atoms with Gasteiger partial charge in [0, 0.05) is 17.7 Å². The van der Waals surface area contributed by atoms with Crippen LogP contribution in [0.4, 0.5) is 5.69 Å². The second kappa shape index (κ2) is 6.16. The van der Waals surface area contributed by atoms with Gasteiger partial charge in [0.25, 0.3) is 0 Å². The highest BCUT2D eigenvalue weighted by Gasteiger charge is 2.19. The van der Waals surface area contributed by atoms with E-state index in [9.17, 15) is 9.59 Å². The third kappa shape index (κ3) is 3.56. The smallest absolute Gasteiger partial charge is 0.320 e. The first-order chi connectivity index (χ1) is 8.45. The van der Waals surface area contributed by atoms with E-state index in [2.05, 4.69) is 0 Å². The molecule has 0 fully saturated rings. The van der Waals surface area contributed by atoms with Gasteiger partial charge in [0.1, 0.15) is 6.04 Å². The molecule has 0 spiro atoms. The Kier molecular flexibility index (Phi) is 4.85. The fraction of sp³-hybridized carbons (Fsp3) is 0.385. The van der Waals surface area contributed by atoms with Crippen LogP contribution in [0.2, 0.25) is 0 Å². The first-order valence-electron chi connectivity index (χ1n) is 5.85. The van der Waals surface area contributed by atoms with E-state index < -0.39 is 12.0 Å². The number of rotatable bonds is 6. The molecule has 98 valence electrons. The predicted molar refractivity (Wildman–Crippen MR) is 69.4 cm³/mol. The Balaban J connectivity index is 2.90. The molecule has 0 unspecified atom stereocenters. The van der Waals surface area contributed by atoms with Crippen molar-refractivity contribution in [3.8, 4) is 0 Å². The lowest BCUT2D eigenvalue weighted by Crippen LogP contribution is -2.32. The first kappa shape index (κ1) is 14.2. The van der Waals surface area contributed by atoms with E-state index in [0.29, 0.717) is 11.3 Å². The Hall–Kier alpha value is -1.88. The monoisotopic (exact) mass is 250 g/mol. The average Bonchev–Trinajstić information content (AvgIpc) is 2.31. The zero-order valence-electron chi connectivity index (χ0n) is 10.3. The lowest BCUT2D eigenvalue weighted by Gasteiger charge is -2.09. The number of anilines is 1. The number of aryl methyl sites for hydroxylation is 1. The summed E-state index contributed by atoms with van der Waals surface area (Å²) < 4.78 is 0. The Labute approximate surface area is 106 Å². The zero-order chi connectivity index (χ0) is 13.7. The summed E-state index contributed by atoms with van der Waals surface area (Å²) in [4.78, 5) is 22.5. The van der Waals surface area contributed by atoms with Crippen LogP contribution in [0.5, 0.6) is 0 Å². The molecule has 0 saturated heterocycles. The molecule has 5 nitrogen and oxygen atoms in total. The summed E-state index contributed by atoms with van der Waals surface area (Å²) in [5.74, 6) is -1.52. The minimum atomic E-state index is -1.19. The van der Waals surface area contributed by atoms with Gasteiger partial charge in [-0.25, -0.2) is 0 Å². The summed E-state index contributed by atoms with van der Waals surface area (Å²) in [6, 6.07) is 4.07. The van der Waals surface area contributed by atoms with Crippen molar-refractivity contribution in [2.24, 2.45) is 5.73 Å². The number of hydrogen-bond donors (Lipinski definition) is 3. The highest BCUT2D eigenvalue weighted by Crippen LogP contribution is 2.17. The number of carbonyl (C=O) groups excluding carboxylic acids is 1. The second-order valence-electron chi connectivity index (χ2n) is 4.24. The number of ketones is 1. The van der Waals surface area contributed by atoms with E-state index in [0.717, 1.165) is 18.4 Å². The van der Waals surface area contributed by atoms with E-state index in [1.807, 2.05) is 13.0 Å². The lowest BCUT2D eigenvalue weighted by atomic mass is 9.99. The molecule has 1 atom stereocenters. The highest BCUT2D eigenvalue weighted by atomic mass is 16.4. The first-order valence-corrected chi connectivity index (χ1v) is 5.85. The number of carboxylic acid groups (broad SMARTS) is 1. The number of Topliss-reactive ketones (excluding diaryl/α,β-unsaturated/α-hetero) is 1. The summed E-state index contributed by atoms with van der Waals surface area (Å²) in [6.45, 7) is 2.04. The number of benzene rings is 1. The van der Waals surface area contributed by atoms with Crippen LogP contribution in [0.1, 0.15) is 35.7 Å². The summed E-state index contributed by atoms with van der Waals surface area (Å²) in [5.41, 5.74) is 12.8. The molecule has 1 rings (SSSR count). The maximum atomic E-state index is 11.9. The SMILES string of the molecule is CCCc1ccc(N)c(C(=O)C[C@H](N)C(=O)O)c1. The maximum absolute atomic E-state index is 11.9. The molecule has 5 heteroatoms. The van der Waals surface area contributed by atoms with Crippen LogP contribution in [0.15, 0.2) is 18.2 Å². The van der Waals surface area contributed by atoms with Gasteiger partial charge in [0.05, 0.1) is 0 Å². The number of hydrogen-bond acceptors (Lipinski definition) is 4. The topological polar surface area (TPSA) is 106 Å². The fourth-order valence-corrected chi connectivity index (χ4v) is 1.69. The maximum Gasteiger partial charge on any atom is 0.320 e. The van der Waals surface area contributed by atoms with Gasteiger partial charge in [0.15, 0.2) is 5.78 Å².